The Labute approximate surface area is 95.5 Å². The molecule has 3 nitrogen and oxygen atoms in total. The molecule has 2 N–H and O–H groups in total. The summed E-state index contributed by atoms with van der Waals surface area (Å²) in [5.74, 6) is 0. The summed E-state index contributed by atoms with van der Waals surface area (Å²) in [6.07, 6.45) is 3.61. The molecule has 82 valence electrons. The topological polar surface area (TPSA) is 42.2 Å². The molecule has 3 heteroatoms. The maximum absolute atomic E-state index is 5.63. The summed E-state index contributed by atoms with van der Waals surface area (Å²) in [4.78, 5) is 6.20. The lowest BCUT2D eigenvalue weighted by atomic mass is 10.2. The Bertz CT molecular complexity index is 454. The Kier molecular flexibility index (Phi) is 3.17. The fourth-order valence-corrected chi connectivity index (χ4v) is 1.59. The quantitative estimate of drug-likeness (QED) is 0.850. The van der Waals surface area contributed by atoms with Gasteiger partial charge in [-0.1, -0.05) is 12.1 Å². The van der Waals surface area contributed by atoms with E-state index in [0.717, 1.165) is 16.9 Å². The van der Waals surface area contributed by atoms with Crippen molar-refractivity contribution in [3.8, 4) is 0 Å². The number of hydrogen-bond donors (Lipinski definition) is 1. The zero-order valence-corrected chi connectivity index (χ0v) is 9.30. The van der Waals surface area contributed by atoms with Crippen LogP contribution in [0.3, 0.4) is 0 Å². The molecule has 0 fully saturated rings. The van der Waals surface area contributed by atoms with Crippen molar-refractivity contribution in [2.75, 3.05) is 11.9 Å². The van der Waals surface area contributed by atoms with Crippen molar-refractivity contribution in [1.82, 2.24) is 4.98 Å². The first-order chi connectivity index (χ1) is 7.81. The van der Waals surface area contributed by atoms with E-state index < -0.39 is 0 Å². The van der Waals surface area contributed by atoms with Crippen LogP contribution in [0.1, 0.15) is 5.56 Å². The van der Waals surface area contributed by atoms with E-state index in [0.29, 0.717) is 6.54 Å². The van der Waals surface area contributed by atoms with Crippen molar-refractivity contribution in [2.24, 2.45) is 5.73 Å². The van der Waals surface area contributed by atoms with Gasteiger partial charge in [0.2, 0.25) is 0 Å². The molecular weight excluding hydrogens is 198 g/mol. The van der Waals surface area contributed by atoms with Crippen LogP contribution in [0.25, 0.3) is 0 Å². The number of nitrogens with zero attached hydrogens (tertiary/aromatic N) is 2. The Morgan fingerprint density at radius 3 is 2.69 bits per heavy atom. The Balaban J connectivity index is 2.30. The lowest BCUT2D eigenvalue weighted by Gasteiger charge is -2.19. The van der Waals surface area contributed by atoms with Gasteiger partial charge in [0.05, 0.1) is 11.9 Å². The average molecular weight is 213 g/mol. The Morgan fingerprint density at radius 2 is 2.00 bits per heavy atom. The summed E-state index contributed by atoms with van der Waals surface area (Å²) in [6, 6.07) is 12.2. The molecule has 0 atom stereocenters. The summed E-state index contributed by atoms with van der Waals surface area (Å²) < 4.78 is 0. The predicted molar refractivity (Wildman–Crippen MR) is 66.6 cm³/mol. The summed E-state index contributed by atoms with van der Waals surface area (Å²) in [5.41, 5.74) is 8.95. The molecule has 0 amide bonds. The highest BCUT2D eigenvalue weighted by Crippen LogP contribution is 2.22. The zero-order valence-electron chi connectivity index (χ0n) is 9.30. The van der Waals surface area contributed by atoms with Crippen LogP contribution in [-0.2, 0) is 6.54 Å². The van der Waals surface area contributed by atoms with Gasteiger partial charge in [0.1, 0.15) is 0 Å². The number of pyridine rings is 1. The molecular formula is C13H15N3. The van der Waals surface area contributed by atoms with Gasteiger partial charge in [-0.05, 0) is 29.8 Å². The van der Waals surface area contributed by atoms with Gasteiger partial charge in [-0.2, -0.15) is 0 Å². The van der Waals surface area contributed by atoms with Crippen molar-refractivity contribution >= 4 is 11.4 Å². The third-order valence-corrected chi connectivity index (χ3v) is 2.57. The number of hydrogen-bond acceptors (Lipinski definition) is 3. The smallest absolute Gasteiger partial charge is 0.0594 e. The van der Waals surface area contributed by atoms with Gasteiger partial charge in [0.25, 0.3) is 0 Å². The van der Waals surface area contributed by atoms with Crippen molar-refractivity contribution in [3.63, 3.8) is 0 Å². The second-order valence-electron chi connectivity index (χ2n) is 3.64. The van der Waals surface area contributed by atoms with Crippen LogP contribution in [0.5, 0.6) is 0 Å². The molecule has 1 aromatic heterocycles. The highest BCUT2D eigenvalue weighted by Gasteiger charge is 2.03. The van der Waals surface area contributed by atoms with Crippen LogP contribution < -0.4 is 10.6 Å². The van der Waals surface area contributed by atoms with Crippen molar-refractivity contribution in [3.05, 3.63) is 54.4 Å². The van der Waals surface area contributed by atoms with Crippen LogP contribution in [0.15, 0.2) is 48.8 Å². The fourth-order valence-electron chi connectivity index (χ4n) is 1.59. The first kappa shape index (κ1) is 10.6. The summed E-state index contributed by atoms with van der Waals surface area (Å²) in [5, 5.41) is 0. The number of benzene rings is 1. The normalized spacial score (nSPS) is 10.1. The lowest BCUT2D eigenvalue weighted by Crippen LogP contribution is -2.10. The van der Waals surface area contributed by atoms with Gasteiger partial charge >= 0.3 is 0 Å². The molecule has 1 aromatic carbocycles. The van der Waals surface area contributed by atoms with Gasteiger partial charge in [-0.3, -0.25) is 4.98 Å². The molecule has 0 aliphatic heterocycles. The highest BCUT2D eigenvalue weighted by molar-refractivity contribution is 5.61. The molecule has 0 aliphatic rings. The van der Waals surface area contributed by atoms with E-state index >= 15 is 0 Å². The van der Waals surface area contributed by atoms with E-state index in [2.05, 4.69) is 22.0 Å². The monoisotopic (exact) mass is 213 g/mol. The molecule has 2 rings (SSSR count). The van der Waals surface area contributed by atoms with Crippen LogP contribution in [0.2, 0.25) is 0 Å². The summed E-state index contributed by atoms with van der Waals surface area (Å²) in [7, 11) is 2.02. The van der Waals surface area contributed by atoms with Gasteiger partial charge < -0.3 is 10.6 Å². The molecule has 0 saturated heterocycles. The van der Waals surface area contributed by atoms with E-state index in [-0.39, 0.29) is 0 Å². The van der Waals surface area contributed by atoms with E-state index in [4.69, 9.17) is 5.73 Å². The molecule has 16 heavy (non-hydrogen) atoms. The van der Waals surface area contributed by atoms with E-state index in [9.17, 15) is 0 Å². The van der Waals surface area contributed by atoms with Crippen LogP contribution in [0.4, 0.5) is 11.4 Å². The van der Waals surface area contributed by atoms with Gasteiger partial charge in [-0.25, -0.2) is 0 Å². The second kappa shape index (κ2) is 4.77. The minimum atomic E-state index is 0.564. The van der Waals surface area contributed by atoms with Gasteiger partial charge in [0.15, 0.2) is 0 Å². The molecule has 0 radical (unpaired) electrons. The molecule has 0 unspecified atom stereocenters. The Hall–Kier alpha value is -1.87. The molecule has 0 saturated carbocycles. The highest BCUT2D eigenvalue weighted by atomic mass is 15.1. The minimum absolute atomic E-state index is 0.564. The zero-order chi connectivity index (χ0) is 11.4. The van der Waals surface area contributed by atoms with Crippen LogP contribution >= 0.6 is 0 Å². The standard InChI is InChI=1S/C13H15N3/c1-16(13-6-3-7-15-10-13)12-5-2-4-11(8-12)9-14/h2-8,10H,9,14H2,1H3. The number of rotatable bonds is 3. The van der Waals surface area contributed by atoms with E-state index in [1.807, 2.05) is 37.5 Å². The second-order valence-corrected chi connectivity index (χ2v) is 3.64. The minimum Gasteiger partial charge on any atom is -0.343 e. The number of nitrogens with two attached hydrogens (primary N) is 1. The van der Waals surface area contributed by atoms with Gasteiger partial charge in [0, 0.05) is 25.5 Å². The maximum atomic E-state index is 5.63. The van der Waals surface area contributed by atoms with Crippen LogP contribution in [-0.4, -0.2) is 12.0 Å². The van der Waals surface area contributed by atoms with E-state index in [1.165, 1.54) is 0 Å². The molecule has 1 heterocycles. The fraction of sp³-hybridized carbons (Fsp3) is 0.154. The summed E-state index contributed by atoms with van der Waals surface area (Å²) in [6.45, 7) is 0.564. The van der Waals surface area contributed by atoms with Crippen molar-refractivity contribution in [1.29, 1.82) is 0 Å². The SMILES string of the molecule is CN(c1cccnc1)c1cccc(CN)c1. The molecule has 0 bridgehead atoms. The number of aromatic nitrogens is 1. The molecule has 2 aromatic rings. The first-order valence-electron chi connectivity index (χ1n) is 5.24. The lowest BCUT2D eigenvalue weighted by molar-refractivity contribution is 1.06. The van der Waals surface area contributed by atoms with E-state index in [1.54, 1.807) is 6.20 Å². The average Bonchev–Trinajstić information content (AvgIpc) is 2.39. The first-order valence-corrected chi connectivity index (χ1v) is 5.24. The maximum Gasteiger partial charge on any atom is 0.0594 e. The van der Waals surface area contributed by atoms with Gasteiger partial charge in [-0.15, -0.1) is 0 Å². The number of anilines is 2. The van der Waals surface area contributed by atoms with Crippen molar-refractivity contribution in [2.45, 2.75) is 6.54 Å². The van der Waals surface area contributed by atoms with Crippen LogP contribution in [0, 0.1) is 0 Å². The third-order valence-electron chi connectivity index (χ3n) is 2.57. The summed E-state index contributed by atoms with van der Waals surface area (Å²) >= 11 is 0. The largest absolute Gasteiger partial charge is 0.343 e. The van der Waals surface area contributed by atoms with Crippen molar-refractivity contribution < 1.29 is 0 Å². The Morgan fingerprint density at radius 1 is 1.19 bits per heavy atom. The molecule has 0 aliphatic carbocycles. The molecule has 0 spiro atoms. The third kappa shape index (κ3) is 2.20. The predicted octanol–water partition coefficient (Wildman–Crippen LogP) is 2.31.